The molecule has 1 aliphatic rings. The summed E-state index contributed by atoms with van der Waals surface area (Å²) in [4.78, 5) is 80.6. The van der Waals surface area contributed by atoms with E-state index in [4.69, 9.17) is 9.47 Å². The van der Waals surface area contributed by atoms with Gasteiger partial charge >= 0.3 is 5.97 Å². The molecule has 1 aliphatic heterocycles. The van der Waals surface area contributed by atoms with Gasteiger partial charge in [-0.15, -0.1) is 0 Å². The highest BCUT2D eigenvalue weighted by atomic mass is 16.5. The Bertz CT molecular complexity index is 1810. The Kier molecular flexibility index (Phi) is 14.7. The highest BCUT2D eigenvalue weighted by molar-refractivity contribution is 5.96. The summed E-state index contributed by atoms with van der Waals surface area (Å²) in [6.45, 7) is 6.59. The molecule has 0 aliphatic carbocycles. The summed E-state index contributed by atoms with van der Waals surface area (Å²) in [5.41, 5.74) is 3.00. The molecule has 0 aromatic heterocycles. The van der Waals surface area contributed by atoms with E-state index in [0.717, 1.165) is 5.57 Å². The molecule has 0 spiro atoms. The number of benzene rings is 3. The maximum absolute atomic E-state index is 13.9. The van der Waals surface area contributed by atoms with E-state index in [1.54, 1.807) is 66.7 Å². The number of carbonyl (C=O) groups is 6. The van der Waals surface area contributed by atoms with Crippen molar-refractivity contribution < 1.29 is 43.3 Å². The molecular formula is C40H47N5O9. The molecule has 5 amide bonds. The van der Waals surface area contributed by atoms with Crippen LogP contribution < -0.4 is 31.3 Å². The first kappa shape index (κ1) is 40.6. The van der Waals surface area contributed by atoms with Crippen LogP contribution >= 0.6 is 0 Å². The van der Waals surface area contributed by atoms with Crippen LogP contribution in [0.3, 0.4) is 0 Å². The number of carbonyl (C=O) groups excluding carboxylic acids is 6. The third-order valence-electron chi connectivity index (χ3n) is 8.48. The first-order valence-electron chi connectivity index (χ1n) is 17.6. The number of ether oxygens (including phenoxy) is 2. The predicted octanol–water partition coefficient (Wildman–Crippen LogP) is 1.79. The molecule has 0 saturated carbocycles. The van der Waals surface area contributed by atoms with Gasteiger partial charge in [0, 0.05) is 19.3 Å². The third kappa shape index (κ3) is 12.8. The molecule has 1 heterocycles. The minimum atomic E-state index is -1.40. The van der Waals surface area contributed by atoms with E-state index < -0.39 is 72.3 Å². The van der Waals surface area contributed by atoms with Gasteiger partial charge in [-0.05, 0) is 74.7 Å². The zero-order valence-electron chi connectivity index (χ0n) is 30.7. The van der Waals surface area contributed by atoms with Crippen molar-refractivity contribution in [2.75, 3.05) is 13.2 Å². The van der Waals surface area contributed by atoms with Gasteiger partial charge in [0.2, 0.25) is 23.6 Å². The number of rotatable bonds is 9. The van der Waals surface area contributed by atoms with Crippen LogP contribution in [0.1, 0.15) is 44.4 Å². The van der Waals surface area contributed by atoms with Crippen LogP contribution in [0.25, 0.3) is 0 Å². The lowest BCUT2D eigenvalue weighted by Crippen LogP contribution is -2.57. The van der Waals surface area contributed by atoms with E-state index in [1.807, 2.05) is 19.9 Å². The number of phenolic OH excluding ortho intramolecular Hbond substituents is 1. The summed E-state index contributed by atoms with van der Waals surface area (Å²) in [6.07, 6.45) is 0.429. The average molecular weight is 742 g/mol. The topological polar surface area (TPSA) is 201 Å². The fourth-order valence-corrected chi connectivity index (χ4v) is 5.38. The molecule has 286 valence electrons. The maximum Gasteiger partial charge on any atom is 0.329 e. The van der Waals surface area contributed by atoms with Crippen LogP contribution in [0.2, 0.25) is 0 Å². The Morgan fingerprint density at radius 3 is 1.91 bits per heavy atom. The van der Waals surface area contributed by atoms with Crippen molar-refractivity contribution in [2.24, 2.45) is 0 Å². The van der Waals surface area contributed by atoms with Crippen LogP contribution in [0.4, 0.5) is 0 Å². The smallest absolute Gasteiger partial charge is 0.329 e. The summed E-state index contributed by atoms with van der Waals surface area (Å²) >= 11 is 0. The summed E-state index contributed by atoms with van der Waals surface area (Å²) in [5.74, 6) is -3.93. The fourth-order valence-electron chi connectivity index (χ4n) is 5.38. The van der Waals surface area contributed by atoms with Gasteiger partial charge in [0.15, 0.2) is 6.10 Å². The van der Waals surface area contributed by atoms with E-state index in [0.29, 0.717) is 29.0 Å². The number of hydrogen-bond acceptors (Lipinski definition) is 9. The number of allylic oxidation sites excluding steroid dienone is 1. The van der Waals surface area contributed by atoms with Crippen molar-refractivity contribution in [1.82, 2.24) is 26.6 Å². The molecule has 1 saturated heterocycles. The van der Waals surface area contributed by atoms with Crippen LogP contribution in [0.5, 0.6) is 11.5 Å². The van der Waals surface area contributed by atoms with Crippen LogP contribution in [-0.4, -0.2) is 84.0 Å². The largest absolute Gasteiger partial charge is 0.508 e. The highest BCUT2D eigenvalue weighted by Crippen LogP contribution is 2.16. The molecule has 54 heavy (non-hydrogen) atoms. The molecule has 0 unspecified atom stereocenters. The number of nitrogens with one attached hydrogen (secondary N) is 5. The Morgan fingerprint density at radius 2 is 1.26 bits per heavy atom. The lowest BCUT2D eigenvalue weighted by Gasteiger charge is -2.26. The van der Waals surface area contributed by atoms with Crippen LogP contribution in [0, 0.1) is 0 Å². The number of esters is 1. The molecule has 14 heteroatoms. The molecule has 14 nitrogen and oxygen atoms in total. The second kappa shape index (κ2) is 19.6. The van der Waals surface area contributed by atoms with Gasteiger partial charge in [0.1, 0.15) is 42.3 Å². The highest BCUT2D eigenvalue weighted by Gasteiger charge is 2.33. The molecule has 4 rings (SSSR count). The Morgan fingerprint density at radius 1 is 0.685 bits per heavy atom. The van der Waals surface area contributed by atoms with Crippen molar-refractivity contribution in [3.8, 4) is 11.5 Å². The molecule has 3 aromatic carbocycles. The van der Waals surface area contributed by atoms with Crippen molar-refractivity contribution in [3.63, 3.8) is 0 Å². The summed E-state index contributed by atoms with van der Waals surface area (Å²) in [7, 11) is 0. The predicted molar refractivity (Wildman–Crippen MR) is 199 cm³/mol. The van der Waals surface area contributed by atoms with Crippen molar-refractivity contribution in [2.45, 2.75) is 77.2 Å². The second-order valence-electron chi connectivity index (χ2n) is 13.3. The van der Waals surface area contributed by atoms with Crippen molar-refractivity contribution in [3.05, 3.63) is 107 Å². The average Bonchev–Trinajstić information content (AvgIpc) is 3.14. The molecule has 6 N–H and O–H groups in total. The molecule has 0 bridgehead atoms. The molecule has 5 atom stereocenters. The summed E-state index contributed by atoms with van der Waals surface area (Å²) < 4.78 is 11.5. The minimum absolute atomic E-state index is 0.00868. The Hall–Kier alpha value is -6.18. The Labute approximate surface area is 314 Å². The number of aromatic hydroxyl groups is 1. The molecular weight excluding hydrogens is 694 g/mol. The van der Waals surface area contributed by atoms with Crippen LogP contribution in [-0.2, 0) is 52.8 Å². The second-order valence-corrected chi connectivity index (χ2v) is 13.3. The van der Waals surface area contributed by atoms with E-state index >= 15 is 0 Å². The van der Waals surface area contributed by atoms with E-state index in [-0.39, 0.29) is 25.0 Å². The van der Waals surface area contributed by atoms with Crippen molar-refractivity contribution >= 4 is 35.5 Å². The van der Waals surface area contributed by atoms with Gasteiger partial charge < -0.3 is 41.2 Å². The summed E-state index contributed by atoms with van der Waals surface area (Å²) in [6, 6.07) is 16.9. The quantitative estimate of drug-likeness (QED) is 0.140. The van der Waals surface area contributed by atoms with Gasteiger partial charge in [-0.25, -0.2) is 4.79 Å². The number of phenols is 1. The normalized spacial score (nSPS) is 21.8. The van der Waals surface area contributed by atoms with E-state index in [9.17, 15) is 33.9 Å². The SMILES string of the molecule is CC(C)=CCOc1ccc(C[C@H]2NC(=O)[C@@H](C)NC(=O)[C@@H](Cc3ccc(O)cc3)NC(=O)CNC(=O)[C@H](C)NC(=O)[C@H](Cc3ccccc3)OC2=O)cc1. The lowest BCUT2D eigenvalue weighted by atomic mass is 10.0. The number of cyclic esters (lactones) is 1. The Balaban J connectivity index is 1.63. The first-order chi connectivity index (χ1) is 25.8. The van der Waals surface area contributed by atoms with Gasteiger partial charge in [-0.2, -0.15) is 0 Å². The number of amides is 5. The molecule has 3 aromatic rings. The molecule has 0 radical (unpaired) electrons. The van der Waals surface area contributed by atoms with E-state index in [2.05, 4.69) is 26.6 Å². The van der Waals surface area contributed by atoms with E-state index in [1.165, 1.54) is 26.0 Å². The van der Waals surface area contributed by atoms with Crippen LogP contribution in [0.15, 0.2) is 90.5 Å². The van der Waals surface area contributed by atoms with Gasteiger partial charge in [0.25, 0.3) is 5.91 Å². The lowest BCUT2D eigenvalue weighted by molar-refractivity contribution is -0.159. The molecule has 1 fully saturated rings. The third-order valence-corrected chi connectivity index (χ3v) is 8.48. The monoisotopic (exact) mass is 741 g/mol. The first-order valence-corrected chi connectivity index (χ1v) is 17.6. The summed E-state index contributed by atoms with van der Waals surface area (Å²) in [5, 5.41) is 22.5. The zero-order valence-corrected chi connectivity index (χ0v) is 30.7. The van der Waals surface area contributed by atoms with Gasteiger partial charge in [0.05, 0.1) is 6.54 Å². The fraction of sp³-hybridized carbons (Fsp3) is 0.350. The number of hydrogen-bond donors (Lipinski definition) is 6. The standard InChI is InChI=1S/C40H47N5O9/c1-24(2)18-19-53-31-16-12-29(13-17-31)21-33-40(52)54-34(22-27-8-6-5-7-9-27)39(51)43-25(3)36(48)41-23-35(47)44-32(20-28-10-14-30(46)15-11-28)38(50)42-26(4)37(49)45-33/h5-18,25-26,32-34,46H,19-23H2,1-4H3,(H,41,48)(H,42,50)(H,43,51)(H,44,47)(H,45,49)/t25-,26+,32+,33+,34-/m0/s1. The minimum Gasteiger partial charge on any atom is -0.508 e. The van der Waals surface area contributed by atoms with Crippen molar-refractivity contribution in [1.29, 1.82) is 0 Å². The maximum atomic E-state index is 13.9. The zero-order chi connectivity index (χ0) is 39.2. The van der Waals surface area contributed by atoms with Gasteiger partial charge in [-0.3, -0.25) is 24.0 Å². The van der Waals surface area contributed by atoms with Gasteiger partial charge in [-0.1, -0.05) is 60.2 Å².